The Balaban J connectivity index is 1.66. The van der Waals surface area contributed by atoms with Crippen molar-refractivity contribution in [1.29, 1.82) is 0 Å². The Bertz CT molecular complexity index is 1290. The molecule has 0 unspecified atom stereocenters. The van der Waals surface area contributed by atoms with E-state index in [0.29, 0.717) is 11.6 Å². The van der Waals surface area contributed by atoms with Crippen molar-refractivity contribution in [2.75, 3.05) is 0 Å². The average Bonchev–Trinajstić information content (AvgIpc) is 3.21. The van der Waals surface area contributed by atoms with E-state index >= 15 is 0 Å². The normalized spacial score (nSPS) is 11.7. The van der Waals surface area contributed by atoms with Gasteiger partial charge in [-0.2, -0.15) is 4.31 Å². The topological polar surface area (TPSA) is 42.3 Å². The lowest BCUT2D eigenvalue weighted by Gasteiger charge is -2.23. The third kappa shape index (κ3) is 5.27. The summed E-state index contributed by atoms with van der Waals surface area (Å²) < 4.78 is 44.0. The minimum absolute atomic E-state index is 0.169. The predicted molar refractivity (Wildman–Crippen MR) is 124 cm³/mol. The second-order valence-electron chi connectivity index (χ2n) is 7.47. The summed E-state index contributed by atoms with van der Waals surface area (Å²) in [7, 11) is -3.79. The zero-order valence-corrected chi connectivity index (χ0v) is 18.8. The van der Waals surface area contributed by atoms with Crippen molar-refractivity contribution in [2.45, 2.75) is 24.5 Å². The lowest BCUT2D eigenvalue weighted by Crippen LogP contribution is -2.31. The molecule has 1 heterocycles. The van der Waals surface area contributed by atoms with Gasteiger partial charge in [0.2, 0.25) is 10.0 Å². The highest BCUT2D eigenvalue weighted by Gasteiger charge is 2.26. The molecule has 0 N–H and O–H groups in total. The molecule has 0 aliphatic carbocycles. The van der Waals surface area contributed by atoms with Gasteiger partial charge in [-0.1, -0.05) is 54.1 Å². The van der Waals surface area contributed by atoms with Crippen LogP contribution in [0.15, 0.2) is 102 Å². The molecule has 0 amide bonds. The molecule has 164 valence electrons. The number of sulfonamides is 1. The van der Waals surface area contributed by atoms with Crippen molar-refractivity contribution in [1.82, 2.24) is 8.87 Å². The smallest absolute Gasteiger partial charge is 0.243 e. The SMILES string of the molecule is O=S(=O)(c1ccc(Cl)cc1)N(Cc1ccccc1)Cc1cccn1Cc1cccc(F)c1. The molecular formula is C25H22ClFN2O2S. The Morgan fingerprint density at radius 3 is 2.25 bits per heavy atom. The highest BCUT2D eigenvalue weighted by atomic mass is 35.5. The first-order chi connectivity index (χ1) is 15.4. The molecule has 0 radical (unpaired) electrons. The molecule has 4 nitrogen and oxygen atoms in total. The lowest BCUT2D eigenvalue weighted by molar-refractivity contribution is 0.391. The van der Waals surface area contributed by atoms with Gasteiger partial charge in [0.05, 0.1) is 11.4 Å². The molecule has 7 heteroatoms. The van der Waals surface area contributed by atoms with Gasteiger partial charge in [-0.3, -0.25) is 0 Å². The van der Waals surface area contributed by atoms with E-state index in [1.807, 2.05) is 59.3 Å². The Labute approximate surface area is 192 Å². The van der Waals surface area contributed by atoms with Crippen molar-refractivity contribution < 1.29 is 12.8 Å². The largest absolute Gasteiger partial charge is 0.346 e. The number of hydrogen-bond acceptors (Lipinski definition) is 2. The zero-order valence-electron chi connectivity index (χ0n) is 17.2. The van der Waals surface area contributed by atoms with Crippen molar-refractivity contribution in [2.24, 2.45) is 0 Å². The van der Waals surface area contributed by atoms with E-state index in [0.717, 1.165) is 16.8 Å². The van der Waals surface area contributed by atoms with E-state index < -0.39 is 10.0 Å². The molecule has 32 heavy (non-hydrogen) atoms. The van der Waals surface area contributed by atoms with Crippen LogP contribution in [0.3, 0.4) is 0 Å². The third-order valence-corrected chi connectivity index (χ3v) is 7.21. The molecule has 0 bridgehead atoms. The fourth-order valence-corrected chi connectivity index (χ4v) is 5.05. The van der Waals surface area contributed by atoms with Crippen LogP contribution in [-0.2, 0) is 29.7 Å². The van der Waals surface area contributed by atoms with Gasteiger partial charge in [0.15, 0.2) is 0 Å². The summed E-state index contributed by atoms with van der Waals surface area (Å²) in [6.45, 7) is 0.833. The number of aromatic nitrogens is 1. The van der Waals surface area contributed by atoms with Gasteiger partial charge in [-0.05, 0) is 59.7 Å². The number of hydrogen-bond donors (Lipinski definition) is 0. The van der Waals surface area contributed by atoms with Crippen LogP contribution in [0, 0.1) is 5.82 Å². The van der Waals surface area contributed by atoms with Crippen molar-refractivity contribution in [3.05, 3.63) is 125 Å². The number of rotatable bonds is 8. The minimum Gasteiger partial charge on any atom is -0.346 e. The van der Waals surface area contributed by atoms with E-state index in [1.54, 1.807) is 18.2 Å². The summed E-state index contributed by atoms with van der Waals surface area (Å²) in [6, 6.07) is 25.8. The number of nitrogens with zero attached hydrogens (tertiary/aromatic N) is 2. The fourth-order valence-electron chi connectivity index (χ4n) is 3.53. The number of halogens is 2. The van der Waals surface area contributed by atoms with E-state index in [9.17, 15) is 12.8 Å². The maximum atomic E-state index is 13.6. The molecule has 3 aromatic carbocycles. The first kappa shape index (κ1) is 22.3. The summed E-state index contributed by atoms with van der Waals surface area (Å²) in [5.41, 5.74) is 2.49. The molecule has 0 saturated carbocycles. The number of benzene rings is 3. The predicted octanol–water partition coefficient (Wildman–Crippen LogP) is 5.72. The molecule has 4 aromatic rings. The van der Waals surface area contributed by atoms with E-state index in [2.05, 4.69) is 0 Å². The first-order valence-corrected chi connectivity index (χ1v) is 11.9. The van der Waals surface area contributed by atoms with Gasteiger partial charge < -0.3 is 4.57 Å². The molecule has 0 aliphatic heterocycles. The van der Waals surface area contributed by atoms with E-state index in [4.69, 9.17) is 11.6 Å². The molecule has 0 aliphatic rings. The van der Waals surface area contributed by atoms with Gasteiger partial charge >= 0.3 is 0 Å². The maximum Gasteiger partial charge on any atom is 0.243 e. The van der Waals surface area contributed by atoms with Crippen LogP contribution in [0.25, 0.3) is 0 Å². The van der Waals surface area contributed by atoms with Crippen LogP contribution in [0.4, 0.5) is 4.39 Å². The molecule has 4 rings (SSSR count). The standard InChI is InChI=1S/C25H22ClFN2O2S/c26-22-11-13-25(14-12-22)32(30,31)29(18-20-6-2-1-3-7-20)19-24-10-5-15-28(24)17-21-8-4-9-23(27)16-21/h1-16H,17-19H2. The summed E-state index contributed by atoms with van der Waals surface area (Å²) in [6.07, 6.45) is 1.87. The molecule has 0 spiro atoms. The van der Waals surface area contributed by atoms with E-state index in [1.165, 1.54) is 28.6 Å². The van der Waals surface area contributed by atoms with Gasteiger partial charge in [0.25, 0.3) is 0 Å². The molecule has 0 saturated heterocycles. The van der Waals surface area contributed by atoms with Crippen LogP contribution < -0.4 is 0 Å². The molecule has 0 atom stereocenters. The zero-order chi connectivity index (χ0) is 22.6. The average molecular weight is 469 g/mol. The van der Waals surface area contributed by atoms with Crippen LogP contribution in [0.5, 0.6) is 0 Å². The maximum absolute atomic E-state index is 13.6. The second-order valence-corrected chi connectivity index (χ2v) is 9.84. The molecule has 1 aromatic heterocycles. The summed E-state index contributed by atoms with van der Waals surface area (Å²) in [5, 5.41) is 0.475. The lowest BCUT2D eigenvalue weighted by atomic mass is 10.2. The minimum atomic E-state index is -3.79. The van der Waals surface area contributed by atoms with Gasteiger partial charge in [-0.15, -0.1) is 0 Å². The Morgan fingerprint density at radius 2 is 1.53 bits per heavy atom. The molecular weight excluding hydrogens is 447 g/mol. The summed E-state index contributed by atoms with van der Waals surface area (Å²) in [4.78, 5) is 0.182. The highest BCUT2D eigenvalue weighted by Crippen LogP contribution is 2.23. The summed E-state index contributed by atoms with van der Waals surface area (Å²) in [5.74, 6) is -0.299. The fraction of sp³-hybridized carbons (Fsp3) is 0.120. The highest BCUT2D eigenvalue weighted by molar-refractivity contribution is 7.89. The van der Waals surface area contributed by atoms with E-state index in [-0.39, 0.29) is 23.8 Å². The van der Waals surface area contributed by atoms with Gasteiger partial charge in [0, 0.05) is 30.0 Å². The molecule has 0 fully saturated rings. The summed E-state index contributed by atoms with van der Waals surface area (Å²) >= 11 is 5.96. The van der Waals surface area contributed by atoms with Crippen LogP contribution in [-0.4, -0.2) is 17.3 Å². The Morgan fingerprint density at radius 1 is 0.812 bits per heavy atom. The van der Waals surface area contributed by atoms with Gasteiger partial charge in [0.1, 0.15) is 5.82 Å². The van der Waals surface area contributed by atoms with Crippen LogP contribution in [0.1, 0.15) is 16.8 Å². The Hall–Kier alpha value is -2.93. The monoisotopic (exact) mass is 468 g/mol. The van der Waals surface area contributed by atoms with Gasteiger partial charge in [-0.25, -0.2) is 12.8 Å². The van der Waals surface area contributed by atoms with Crippen LogP contribution >= 0.6 is 11.6 Å². The van der Waals surface area contributed by atoms with Crippen molar-refractivity contribution in [3.8, 4) is 0 Å². The first-order valence-electron chi connectivity index (χ1n) is 10.1. The van der Waals surface area contributed by atoms with Crippen LogP contribution in [0.2, 0.25) is 5.02 Å². The second kappa shape index (κ2) is 9.69. The third-order valence-electron chi connectivity index (χ3n) is 5.16. The Kier molecular flexibility index (Phi) is 6.74. The quantitative estimate of drug-likeness (QED) is 0.332. The van der Waals surface area contributed by atoms with Crippen molar-refractivity contribution in [3.63, 3.8) is 0 Å². The van der Waals surface area contributed by atoms with Crippen molar-refractivity contribution >= 4 is 21.6 Å².